The number of hydrogen-bond acceptors (Lipinski definition) is 6. The van der Waals surface area contributed by atoms with Crippen LogP contribution >= 0.6 is 0 Å². The minimum atomic E-state index is -6.03. The first-order chi connectivity index (χ1) is 5.97. The van der Waals surface area contributed by atoms with E-state index in [0.717, 1.165) is 30.0 Å². The molecule has 0 atom stereocenters. The Bertz CT molecular complexity index is 398. The predicted octanol–water partition coefficient (Wildman–Crippen LogP) is -8.89. The molecule has 6 nitrogen and oxygen atoms in total. The van der Waals surface area contributed by atoms with Crippen LogP contribution in [0.25, 0.3) is 0 Å². The van der Waals surface area contributed by atoms with Crippen LogP contribution in [0.5, 0.6) is 0 Å². The fourth-order valence-corrected chi connectivity index (χ4v) is 1.03. The van der Waals surface area contributed by atoms with E-state index in [4.69, 9.17) is 31.6 Å². The van der Waals surface area contributed by atoms with Crippen LogP contribution in [0.15, 0.2) is 0 Å². The Morgan fingerprint density at radius 1 is 0.438 bits per heavy atom. The first kappa shape index (κ1) is 25.3. The van der Waals surface area contributed by atoms with E-state index in [1.807, 2.05) is 0 Å². The summed E-state index contributed by atoms with van der Waals surface area (Å²) >= 11 is 0. The Balaban J connectivity index is -0.000000240. The van der Waals surface area contributed by atoms with Crippen molar-refractivity contribution >= 4 is 0 Å². The van der Waals surface area contributed by atoms with Crippen molar-refractivity contribution in [1.82, 2.24) is 0 Å². The summed E-state index contributed by atoms with van der Waals surface area (Å²) in [6.45, 7) is 0. The van der Waals surface area contributed by atoms with Gasteiger partial charge in [0.25, 0.3) is 0 Å². The molecule has 0 radical (unpaired) electrons. The maximum Gasteiger partial charge on any atom is 1.00 e. The van der Waals surface area contributed by atoms with Crippen molar-refractivity contribution in [3.63, 3.8) is 0 Å². The molecule has 0 unspecified atom stereocenters. The quantitative estimate of drug-likeness (QED) is 0.404. The molecule has 0 saturated carbocycles. The number of rotatable bonds is 0. The molecule has 0 aliphatic heterocycles. The van der Waals surface area contributed by atoms with Gasteiger partial charge in [-0.1, -0.05) is 0 Å². The van der Waals surface area contributed by atoms with Crippen molar-refractivity contribution in [3.8, 4) is 30.0 Å². The average Bonchev–Trinajstić information content (AvgIpc) is 2.26. The summed E-state index contributed by atoms with van der Waals surface area (Å²) in [4.78, 5) is 0. The van der Waals surface area contributed by atoms with Gasteiger partial charge in [-0.3, -0.25) is 0 Å². The van der Waals surface area contributed by atoms with Gasteiger partial charge in [-0.2, -0.15) is 0 Å². The predicted molar refractivity (Wildman–Crippen MR) is 33.7 cm³/mol. The zero-order chi connectivity index (χ0) is 10.7. The summed E-state index contributed by atoms with van der Waals surface area (Å²) in [6, 6.07) is 0. The van der Waals surface area contributed by atoms with Crippen molar-refractivity contribution in [2.75, 3.05) is 0 Å². The Hall–Kier alpha value is 0.446. The van der Waals surface area contributed by atoms with Gasteiger partial charge in [0.15, 0.2) is 0 Å². The molecule has 16 heavy (non-hydrogen) atoms. The van der Waals surface area contributed by atoms with Crippen LogP contribution in [-0.4, -0.2) is 0 Å². The van der Waals surface area contributed by atoms with Gasteiger partial charge in [-0.25, -0.2) is 0 Å². The third kappa shape index (κ3) is 2.82. The topological polar surface area (TPSA) is 143 Å². The Kier molecular flexibility index (Phi) is 11.1. The van der Waals surface area contributed by atoms with Gasteiger partial charge >= 0.3 is 161 Å². The molecule has 0 spiro atoms. The average molecular weight is 284 g/mol. The van der Waals surface area contributed by atoms with Crippen molar-refractivity contribution in [3.05, 3.63) is 0 Å². The SMILES string of the molecule is N#[C][Co-3]([C]#N)([C]#N)([C]#N)([C]#N)[C]#N.[Na+].[Na+].[Na+]. The normalized spacial score (nSPS) is 10.9. The first-order valence-corrected chi connectivity index (χ1v) is 5.46. The standard InChI is InChI=1S/6CN.Co.3Na/c6*1-2;;;;/q;;;;;;-3;3*+1. The minimum Gasteiger partial charge on any atom is 1.00 e. The fourth-order valence-electron chi connectivity index (χ4n) is 0.250. The second kappa shape index (κ2) is 7.01. The minimum absolute atomic E-state index is 0. The molecule has 0 aliphatic rings. The van der Waals surface area contributed by atoms with Gasteiger partial charge in [0.05, 0.1) is 0 Å². The van der Waals surface area contributed by atoms with Crippen LogP contribution in [0.3, 0.4) is 0 Å². The molecule has 10 heteroatoms. The van der Waals surface area contributed by atoms with Crippen LogP contribution in [0, 0.1) is 61.6 Å². The molecule has 0 fully saturated rings. The summed E-state index contributed by atoms with van der Waals surface area (Å²) in [5.74, 6) is 0. The molecule has 0 N–H and O–H groups in total. The van der Waals surface area contributed by atoms with Gasteiger partial charge in [-0.15, -0.1) is 0 Å². The van der Waals surface area contributed by atoms with Crippen LogP contribution < -0.4 is 88.7 Å². The van der Waals surface area contributed by atoms with E-state index in [9.17, 15) is 0 Å². The number of hydrogen-bond donors (Lipinski definition) is 0. The Morgan fingerprint density at radius 3 is 0.562 bits per heavy atom. The van der Waals surface area contributed by atoms with Gasteiger partial charge in [0, 0.05) is 0 Å². The van der Waals surface area contributed by atoms with Crippen molar-refractivity contribution in [2.45, 2.75) is 0 Å². The van der Waals surface area contributed by atoms with E-state index < -0.39 is 10.5 Å². The summed E-state index contributed by atoms with van der Waals surface area (Å²) < 4.78 is 0. The second-order valence-corrected chi connectivity index (χ2v) is 7.00. The zero-order valence-electron chi connectivity index (χ0n) is 9.02. The molecule has 0 saturated heterocycles. The summed E-state index contributed by atoms with van der Waals surface area (Å²) in [5, 5.41) is 57.6. The van der Waals surface area contributed by atoms with E-state index in [0.29, 0.717) is 0 Å². The van der Waals surface area contributed by atoms with E-state index in [-0.39, 0.29) is 88.7 Å². The Morgan fingerprint density at radius 2 is 0.562 bits per heavy atom. The molecule has 0 aromatic carbocycles. The van der Waals surface area contributed by atoms with E-state index >= 15 is 0 Å². The monoisotopic (exact) mass is 284 g/mol. The summed E-state index contributed by atoms with van der Waals surface area (Å²) in [6.07, 6.45) is 0. The van der Waals surface area contributed by atoms with Crippen LogP contribution in [0.2, 0.25) is 0 Å². The fraction of sp³-hybridized carbons (Fsp3) is 0. The van der Waals surface area contributed by atoms with Gasteiger partial charge in [-0.05, 0) is 0 Å². The molecular formula is C6CoN6Na3. The molecule has 0 heterocycles. The molecule has 0 rings (SSSR count). The number of nitriles is 6. The van der Waals surface area contributed by atoms with Gasteiger partial charge < -0.3 is 0 Å². The van der Waals surface area contributed by atoms with Crippen molar-refractivity contribution in [2.24, 2.45) is 0 Å². The maximum absolute atomic E-state index is 8.58. The largest absolute Gasteiger partial charge is 1.00 e. The van der Waals surface area contributed by atoms with Crippen molar-refractivity contribution < 1.29 is 99.2 Å². The van der Waals surface area contributed by atoms with Crippen LogP contribution in [-0.2, 0) is 10.5 Å². The summed E-state index contributed by atoms with van der Waals surface area (Å²) in [5.41, 5.74) is 0. The van der Waals surface area contributed by atoms with E-state index in [1.54, 1.807) is 0 Å². The second-order valence-electron chi connectivity index (χ2n) is 1.70. The van der Waals surface area contributed by atoms with Gasteiger partial charge in [0.1, 0.15) is 0 Å². The molecule has 0 amide bonds. The van der Waals surface area contributed by atoms with Crippen LogP contribution in [0.1, 0.15) is 0 Å². The van der Waals surface area contributed by atoms with Crippen LogP contribution in [0.4, 0.5) is 0 Å². The third-order valence-corrected chi connectivity index (χ3v) is 4.61. The Labute approximate surface area is 158 Å². The van der Waals surface area contributed by atoms with E-state index in [2.05, 4.69) is 0 Å². The molecule has 0 aliphatic carbocycles. The molecular weight excluding hydrogens is 284 g/mol. The molecule has 66 valence electrons. The molecule has 0 aromatic rings. The molecule has 0 bridgehead atoms. The smallest absolute Gasteiger partial charge is 1.00 e. The van der Waals surface area contributed by atoms with Crippen molar-refractivity contribution in [1.29, 1.82) is 31.6 Å². The molecule has 0 aromatic heterocycles. The number of nitrogens with zero attached hydrogens (tertiary/aromatic N) is 6. The summed E-state index contributed by atoms with van der Waals surface area (Å²) in [7, 11) is -6.03. The van der Waals surface area contributed by atoms with Gasteiger partial charge in [0.2, 0.25) is 0 Å². The maximum atomic E-state index is 8.58. The first-order valence-electron chi connectivity index (χ1n) is 2.34. The zero-order valence-corrected chi connectivity index (χ0v) is 16.1. The van der Waals surface area contributed by atoms with E-state index in [1.165, 1.54) is 0 Å². The third-order valence-electron chi connectivity index (χ3n) is 1.12.